The molecule has 1 aliphatic rings. The number of aryl methyl sites for hydroxylation is 1. The highest BCUT2D eigenvalue weighted by atomic mass is 16.1. The second-order valence-electron chi connectivity index (χ2n) is 6.22. The van der Waals surface area contributed by atoms with Gasteiger partial charge < -0.3 is 10.2 Å². The van der Waals surface area contributed by atoms with Gasteiger partial charge in [0, 0.05) is 38.1 Å². The van der Waals surface area contributed by atoms with E-state index < -0.39 is 0 Å². The van der Waals surface area contributed by atoms with Gasteiger partial charge >= 0.3 is 0 Å². The van der Waals surface area contributed by atoms with Crippen LogP contribution in [0.2, 0.25) is 0 Å². The Morgan fingerprint density at radius 3 is 3.00 bits per heavy atom. The van der Waals surface area contributed by atoms with Gasteiger partial charge in [-0.05, 0) is 37.0 Å². The summed E-state index contributed by atoms with van der Waals surface area (Å²) in [5.74, 6) is 1.48. The van der Waals surface area contributed by atoms with Crippen LogP contribution >= 0.6 is 0 Å². The zero-order chi connectivity index (χ0) is 16.2. The molecule has 23 heavy (non-hydrogen) atoms. The van der Waals surface area contributed by atoms with Gasteiger partial charge in [-0.1, -0.05) is 6.92 Å². The SMILES string of the molecule is CC1CCCN(c2cc(C(=O)NCc3ccnn3C)ccn2)C1. The third-order valence-electron chi connectivity index (χ3n) is 4.34. The van der Waals surface area contributed by atoms with Crippen molar-refractivity contribution in [1.29, 1.82) is 0 Å². The minimum atomic E-state index is -0.0834. The van der Waals surface area contributed by atoms with Crippen molar-refractivity contribution in [2.45, 2.75) is 26.3 Å². The highest BCUT2D eigenvalue weighted by molar-refractivity contribution is 5.94. The van der Waals surface area contributed by atoms with Crippen LogP contribution in [-0.2, 0) is 13.6 Å². The zero-order valence-electron chi connectivity index (χ0n) is 13.7. The first kappa shape index (κ1) is 15.5. The van der Waals surface area contributed by atoms with E-state index >= 15 is 0 Å². The van der Waals surface area contributed by atoms with E-state index in [1.54, 1.807) is 23.1 Å². The lowest BCUT2D eigenvalue weighted by molar-refractivity contribution is 0.0950. The van der Waals surface area contributed by atoms with Gasteiger partial charge in [0.2, 0.25) is 0 Å². The second kappa shape index (κ2) is 6.81. The van der Waals surface area contributed by atoms with E-state index in [-0.39, 0.29) is 5.91 Å². The van der Waals surface area contributed by atoms with Crippen molar-refractivity contribution in [3.8, 4) is 0 Å². The van der Waals surface area contributed by atoms with Crippen molar-refractivity contribution in [3.63, 3.8) is 0 Å². The Labute approximate surface area is 136 Å². The summed E-state index contributed by atoms with van der Waals surface area (Å²) < 4.78 is 1.76. The van der Waals surface area contributed by atoms with Gasteiger partial charge in [0.1, 0.15) is 5.82 Å². The van der Waals surface area contributed by atoms with Gasteiger partial charge in [0.15, 0.2) is 0 Å². The van der Waals surface area contributed by atoms with Gasteiger partial charge in [-0.3, -0.25) is 9.48 Å². The van der Waals surface area contributed by atoms with Crippen LogP contribution < -0.4 is 10.2 Å². The van der Waals surface area contributed by atoms with Crippen molar-refractivity contribution in [1.82, 2.24) is 20.1 Å². The van der Waals surface area contributed by atoms with Crippen LogP contribution in [0.25, 0.3) is 0 Å². The molecule has 2 aromatic rings. The molecule has 6 heteroatoms. The molecule has 3 heterocycles. The molecule has 0 saturated carbocycles. The van der Waals surface area contributed by atoms with Crippen molar-refractivity contribution in [2.75, 3.05) is 18.0 Å². The van der Waals surface area contributed by atoms with Crippen molar-refractivity contribution >= 4 is 11.7 Å². The van der Waals surface area contributed by atoms with Gasteiger partial charge in [-0.25, -0.2) is 4.98 Å². The lowest BCUT2D eigenvalue weighted by Crippen LogP contribution is -2.35. The summed E-state index contributed by atoms with van der Waals surface area (Å²) in [7, 11) is 1.86. The molecule has 1 saturated heterocycles. The molecule has 1 unspecified atom stereocenters. The van der Waals surface area contributed by atoms with Crippen LogP contribution in [0.1, 0.15) is 35.8 Å². The van der Waals surface area contributed by atoms with E-state index in [9.17, 15) is 4.79 Å². The Kier molecular flexibility index (Phi) is 4.60. The van der Waals surface area contributed by atoms with Crippen LogP contribution in [-0.4, -0.2) is 33.8 Å². The molecule has 1 N–H and O–H groups in total. The van der Waals surface area contributed by atoms with Crippen LogP contribution in [0.4, 0.5) is 5.82 Å². The molecule has 0 radical (unpaired) electrons. The standard InChI is InChI=1S/C17H23N5O/c1-13-4-3-9-22(12-13)16-10-14(5-7-18-16)17(23)19-11-15-6-8-20-21(15)2/h5-8,10,13H,3-4,9,11-12H2,1-2H3,(H,19,23). The molecule has 1 amide bonds. The largest absolute Gasteiger partial charge is 0.356 e. The quantitative estimate of drug-likeness (QED) is 0.937. The second-order valence-corrected chi connectivity index (χ2v) is 6.22. The molecular formula is C17H23N5O. The first-order valence-electron chi connectivity index (χ1n) is 8.09. The predicted molar refractivity (Wildman–Crippen MR) is 89.2 cm³/mol. The van der Waals surface area contributed by atoms with Crippen LogP contribution in [0.3, 0.4) is 0 Å². The molecule has 1 atom stereocenters. The summed E-state index contributed by atoms with van der Waals surface area (Å²) in [5.41, 5.74) is 1.62. The summed E-state index contributed by atoms with van der Waals surface area (Å²) in [5, 5.41) is 7.03. The fraction of sp³-hybridized carbons (Fsp3) is 0.471. The van der Waals surface area contributed by atoms with Crippen molar-refractivity contribution in [3.05, 3.63) is 41.9 Å². The van der Waals surface area contributed by atoms with E-state index in [1.165, 1.54) is 12.8 Å². The molecule has 122 valence electrons. The molecule has 0 aliphatic carbocycles. The normalized spacial score (nSPS) is 18.0. The number of carbonyl (C=O) groups is 1. The highest BCUT2D eigenvalue weighted by Crippen LogP contribution is 2.21. The number of piperidine rings is 1. The predicted octanol–water partition coefficient (Wildman–Crippen LogP) is 1.98. The molecule has 0 aromatic carbocycles. The summed E-state index contributed by atoms with van der Waals surface area (Å²) in [6.07, 6.45) is 5.89. The minimum Gasteiger partial charge on any atom is -0.356 e. The maximum atomic E-state index is 12.4. The molecular weight excluding hydrogens is 290 g/mol. The highest BCUT2D eigenvalue weighted by Gasteiger charge is 2.18. The van der Waals surface area contributed by atoms with Crippen LogP contribution in [0.15, 0.2) is 30.6 Å². The van der Waals surface area contributed by atoms with Gasteiger partial charge in [-0.15, -0.1) is 0 Å². The number of pyridine rings is 1. The van der Waals surface area contributed by atoms with Crippen molar-refractivity contribution < 1.29 is 4.79 Å². The maximum absolute atomic E-state index is 12.4. The Balaban J connectivity index is 1.66. The summed E-state index contributed by atoms with van der Waals surface area (Å²) in [6, 6.07) is 5.54. The van der Waals surface area contributed by atoms with Crippen molar-refractivity contribution in [2.24, 2.45) is 13.0 Å². The van der Waals surface area contributed by atoms with Gasteiger partial charge in [-0.2, -0.15) is 5.10 Å². The molecule has 3 rings (SSSR count). The molecule has 1 fully saturated rings. The smallest absolute Gasteiger partial charge is 0.251 e. The summed E-state index contributed by atoms with van der Waals surface area (Å²) in [4.78, 5) is 19.1. The van der Waals surface area contributed by atoms with Crippen LogP contribution in [0, 0.1) is 5.92 Å². The van der Waals surface area contributed by atoms with E-state index in [4.69, 9.17) is 0 Å². The van der Waals surface area contributed by atoms with Gasteiger partial charge in [0.05, 0.1) is 12.2 Å². The van der Waals surface area contributed by atoms with E-state index in [0.29, 0.717) is 18.0 Å². The first-order valence-corrected chi connectivity index (χ1v) is 8.09. The monoisotopic (exact) mass is 313 g/mol. The number of hydrogen-bond donors (Lipinski definition) is 1. The molecule has 0 spiro atoms. The maximum Gasteiger partial charge on any atom is 0.251 e. The molecule has 1 aliphatic heterocycles. The number of amides is 1. The van der Waals surface area contributed by atoms with Crippen LogP contribution in [0.5, 0.6) is 0 Å². The Morgan fingerprint density at radius 2 is 2.26 bits per heavy atom. The van der Waals surface area contributed by atoms with E-state index in [0.717, 1.165) is 24.6 Å². The fourth-order valence-corrected chi connectivity index (χ4v) is 2.98. The third kappa shape index (κ3) is 3.70. The number of anilines is 1. The topological polar surface area (TPSA) is 63.1 Å². The minimum absolute atomic E-state index is 0.0834. The number of aromatic nitrogens is 3. The molecule has 2 aromatic heterocycles. The van der Waals surface area contributed by atoms with E-state index in [2.05, 4.69) is 27.2 Å². The number of rotatable bonds is 4. The average Bonchev–Trinajstić information content (AvgIpc) is 2.98. The summed E-state index contributed by atoms with van der Waals surface area (Å²) in [6.45, 7) is 4.74. The Morgan fingerprint density at radius 1 is 1.39 bits per heavy atom. The zero-order valence-corrected chi connectivity index (χ0v) is 13.7. The number of carbonyl (C=O) groups excluding carboxylic acids is 1. The molecule has 0 bridgehead atoms. The Hall–Kier alpha value is -2.37. The molecule has 6 nitrogen and oxygen atoms in total. The number of nitrogens with zero attached hydrogens (tertiary/aromatic N) is 4. The Bertz CT molecular complexity index is 681. The van der Waals surface area contributed by atoms with E-state index in [1.807, 2.05) is 19.2 Å². The fourth-order valence-electron chi connectivity index (χ4n) is 2.98. The average molecular weight is 313 g/mol. The number of nitrogens with one attached hydrogen (secondary N) is 1. The number of hydrogen-bond acceptors (Lipinski definition) is 4. The lowest BCUT2D eigenvalue weighted by Gasteiger charge is -2.31. The lowest BCUT2D eigenvalue weighted by atomic mass is 10.0. The van der Waals surface area contributed by atoms with Gasteiger partial charge in [0.25, 0.3) is 5.91 Å². The third-order valence-corrected chi connectivity index (χ3v) is 4.34. The summed E-state index contributed by atoms with van der Waals surface area (Å²) >= 11 is 0. The first-order chi connectivity index (χ1) is 11.1.